The molecular weight excluding hydrogens is 192 g/mol. The molecule has 0 fully saturated rings. The van der Waals surface area contributed by atoms with E-state index in [1.54, 1.807) is 18.4 Å². The summed E-state index contributed by atoms with van der Waals surface area (Å²) in [5, 5.41) is 0.844. The van der Waals surface area contributed by atoms with Crippen LogP contribution in [0.15, 0.2) is 45.8 Å². The van der Waals surface area contributed by atoms with Gasteiger partial charge < -0.3 is 9.15 Å². The molecule has 1 aliphatic heterocycles. The number of para-hydroxylation sites is 1. The highest BCUT2D eigenvalue weighted by molar-refractivity contribution is 5.84. The minimum absolute atomic E-state index is 0.312. The molecule has 1 aliphatic rings. The van der Waals surface area contributed by atoms with Crippen LogP contribution in [0.5, 0.6) is 5.75 Å². The van der Waals surface area contributed by atoms with E-state index in [0.717, 1.165) is 5.39 Å². The van der Waals surface area contributed by atoms with Crippen molar-refractivity contribution in [1.82, 2.24) is 0 Å². The fraction of sp³-hybridized carbons (Fsp3) is 0.0833. The quantitative estimate of drug-likeness (QED) is 0.612. The summed E-state index contributed by atoms with van der Waals surface area (Å²) >= 11 is 0. The van der Waals surface area contributed by atoms with Gasteiger partial charge in [0.25, 0.3) is 0 Å². The maximum atomic E-state index is 11.6. The van der Waals surface area contributed by atoms with Crippen molar-refractivity contribution in [3.8, 4) is 5.75 Å². The van der Waals surface area contributed by atoms with Crippen LogP contribution in [0.2, 0.25) is 0 Å². The van der Waals surface area contributed by atoms with E-state index < -0.39 is 0 Å². The van der Waals surface area contributed by atoms with Crippen molar-refractivity contribution in [3.05, 3.63) is 52.6 Å². The summed E-state index contributed by atoms with van der Waals surface area (Å²) < 4.78 is 10.6. The molecule has 0 unspecified atom stereocenters. The topological polar surface area (TPSA) is 39.4 Å². The maximum absolute atomic E-state index is 11.6. The van der Waals surface area contributed by atoms with Crippen LogP contribution in [0, 0.1) is 0 Å². The Morgan fingerprint density at radius 1 is 1.20 bits per heavy atom. The molecule has 1 aromatic heterocycles. The zero-order valence-electron chi connectivity index (χ0n) is 7.90. The number of fused-ring (bicyclic) bond motifs is 3. The van der Waals surface area contributed by atoms with Crippen LogP contribution < -0.4 is 10.4 Å². The molecule has 0 N–H and O–H groups in total. The summed E-state index contributed by atoms with van der Waals surface area (Å²) in [6.07, 6.45) is 3.98. The molecule has 0 saturated heterocycles. The highest BCUT2D eigenvalue weighted by Crippen LogP contribution is 2.29. The normalized spacial score (nSPS) is 13.6. The molecule has 3 rings (SSSR count). The zero-order chi connectivity index (χ0) is 10.3. The van der Waals surface area contributed by atoms with Crippen LogP contribution in [-0.4, -0.2) is 0 Å². The smallest absolute Gasteiger partial charge is 0.343 e. The SMILES string of the molecule is O=c1oc2ccccc2c2c1CC=CO2. The first-order chi connectivity index (χ1) is 7.36. The van der Waals surface area contributed by atoms with E-state index >= 15 is 0 Å². The van der Waals surface area contributed by atoms with Gasteiger partial charge in [0.2, 0.25) is 0 Å². The molecule has 0 bridgehead atoms. The summed E-state index contributed by atoms with van der Waals surface area (Å²) in [5.74, 6) is 0.629. The second-order valence-electron chi connectivity index (χ2n) is 3.39. The molecule has 0 aliphatic carbocycles. The molecule has 0 spiro atoms. The second kappa shape index (κ2) is 2.98. The molecular formula is C12H8O3. The fourth-order valence-electron chi connectivity index (χ4n) is 1.75. The minimum atomic E-state index is -0.312. The number of benzene rings is 1. The Balaban J connectivity index is 2.47. The van der Waals surface area contributed by atoms with Gasteiger partial charge >= 0.3 is 5.63 Å². The molecule has 0 saturated carbocycles. The predicted molar refractivity (Wildman–Crippen MR) is 56.0 cm³/mol. The van der Waals surface area contributed by atoms with Crippen molar-refractivity contribution in [2.45, 2.75) is 6.42 Å². The minimum Gasteiger partial charge on any atom is -0.464 e. The first-order valence-corrected chi connectivity index (χ1v) is 4.72. The standard InChI is InChI=1S/C12H8O3/c13-12-9-5-3-7-14-11(9)8-4-1-2-6-10(8)15-12/h1-4,6-7H,5H2. The second-order valence-corrected chi connectivity index (χ2v) is 3.39. The van der Waals surface area contributed by atoms with E-state index in [1.807, 2.05) is 18.2 Å². The van der Waals surface area contributed by atoms with Crippen LogP contribution in [-0.2, 0) is 6.42 Å². The van der Waals surface area contributed by atoms with Gasteiger partial charge in [0.15, 0.2) is 0 Å². The third-order valence-corrected chi connectivity index (χ3v) is 2.46. The lowest BCUT2D eigenvalue weighted by atomic mass is 10.1. The summed E-state index contributed by atoms with van der Waals surface area (Å²) in [4.78, 5) is 11.6. The zero-order valence-corrected chi connectivity index (χ0v) is 7.90. The number of ether oxygens (including phenoxy) is 1. The number of hydrogen-bond acceptors (Lipinski definition) is 3. The van der Waals surface area contributed by atoms with Gasteiger partial charge in [0, 0.05) is 6.42 Å². The number of hydrogen-bond donors (Lipinski definition) is 0. The van der Waals surface area contributed by atoms with Crippen molar-refractivity contribution in [3.63, 3.8) is 0 Å². The van der Waals surface area contributed by atoms with E-state index in [0.29, 0.717) is 23.3 Å². The Labute approximate surface area is 85.6 Å². The molecule has 1 aromatic carbocycles. The van der Waals surface area contributed by atoms with Crippen molar-refractivity contribution >= 4 is 11.0 Å². The summed E-state index contributed by atoms with van der Waals surface area (Å²) in [7, 11) is 0. The molecule has 15 heavy (non-hydrogen) atoms. The third kappa shape index (κ3) is 1.16. The summed E-state index contributed by atoms with van der Waals surface area (Å²) in [6, 6.07) is 7.37. The van der Waals surface area contributed by atoms with Gasteiger partial charge in [-0.3, -0.25) is 0 Å². The average molecular weight is 200 g/mol. The van der Waals surface area contributed by atoms with E-state index in [4.69, 9.17) is 9.15 Å². The molecule has 0 radical (unpaired) electrons. The van der Waals surface area contributed by atoms with Gasteiger partial charge in [-0.25, -0.2) is 4.79 Å². The highest BCUT2D eigenvalue weighted by atomic mass is 16.5. The van der Waals surface area contributed by atoms with Crippen molar-refractivity contribution in [2.75, 3.05) is 0 Å². The summed E-state index contributed by atoms with van der Waals surface area (Å²) in [6.45, 7) is 0. The Bertz CT molecular complexity index is 608. The Morgan fingerprint density at radius 2 is 2.07 bits per heavy atom. The van der Waals surface area contributed by atoms with E-state index in [-0.39, 0.29) is 5.63 Å². The van der Waals surface area contributed by atoms with E-state index in [9.17, 15) is 4.79 Å². The number of rotatable bonds is 0. The first-order valence-electron chi connectivity index (χ1n) is 4.72. The Morgan fingerprint density at radius 3 is 3.00 bits per heavy atom. The van der Waals surface area contributed by atoms with E-state index in [2.05, 4.69) is 0 Å². The van der Waals surface area contributed by atoms with Crippen LogP contribution in [0.4, 0.5) is 0 Å². The molecule has 0 amide bonds. The van der Waals surface area contributed by atoms with Gasteiger partial charge in [-0.15, -0.1) is 0 Å². The third-order valence-electron chi connectivity index (χ3n) is 2.46. The van der Waals surface area contributed by atoms with E-state index in [1.165, 1.54) is 0 Å². The van der Waals surface area contributed by atoms with Crippen LogP contribution in [0.1, 0.15) is 5.56 Å². The Hall–Kier alpha value is -2.03. The van der Waals surface area contributed by atoms with Gasteiger partial charge in [0.05, 0.1) is 17.2 Å². The van der Waals surface area contributed by atoms with Crippen molar-refractivity contribution in [1.29, 1.82) is 0 Å². The summed E-state index contributed by atoms with van der Waals surface area (Å²) in [5.41, 5.74) is 0.848. The van der Waals surface area contributed by atoms with Gasteiger partial charge in [-0.1, -0.05) is 12.1 Å². The first kappa shape index (κ1) is 8.29. The lowest BCUT2D eigenvalue weighted by molar-refractivity contribution is 0.453. The number of allylic oxidation sites excluding steroid dienone is 1. The monoisotopic (exact) mass is 200 g/mol. The van der Waals surface area contributed by atoms with Gasteiger partial charge in [-0.2, -0.15) is 0 Å². The molecule has 3 heteroatoms. The van der Waals surface area contributed by atoms with Crippen LogP contribution in [0.3, 0.4) is 0 Å². The van der Waals surface area contributed by atoms with Crippen LogP contribution >= 0.6 is 0 Å². The van der Waals surface area contributed by atoms with Gasteiger partial charge in [0.1, 0.15) is 11.3 Å². The van der Waals surface area contributed by atoms with Crippen molar-refractivity contribution in [2.24, 2.45) is 0 Å². The average Bonchev–Trinajstić information content (AvgIpc) is 2.30. The Kier molecular flexibility index (Phi) is 1.65. The lowest BCUT2D eigenvalue weighted by Crippen LogP contribution is -2.11. The molecule has 2 heterocycles. The van der Waals surface area contributed by atoms with Gasteiger partial charge in [-0.05, 0) is 18.2 Å². The molecule has 2 aromatic rings. The van der Waals surface area contributed by atoms with Crippen LogP contribution in [0.25, 0.3) is 11.0 Å². The lowest BCUT2D eigenvalue weighted by Gasteiger charge is -2.11. The largest absolute Gasteiger partial charge is 0.464 e. The molecule has 3 nitrogen and oxygen atoms in total. The molecule has 74 valence electrons. The fourth-order valence-corrected chi connectivity index (χ4v) is 1.75. The maximum Gasteiger partial charge on any atom is 0.343 e. The van der Waals surface area contributed by atoms with Crippen molar-refractivity contribution < 1.29 is 9.15 Å². The highest BCUT2D eigenvalue weighted by Gasteiger charge is 2.16. The predicted octanol–water partition coefficient (Wildman–Crippen LogP) is 2.24. The molecule has 0 atom stereocenters.